The summed E-state index contributed by atoms with van der Waals surface area (Å²) in [5, 5.41) is 7.13. The Morgan fingerprint density at radius 3 is 2.23 bits per heavy atom. The quantitative estimate of drug-likeness (QED) is 0.320. The van der Waals surface area contributed by atoms with Gasteiger partial charge in [0.1, 0.15) is 5.52 Å². The van der Waals surface area contributed by atoms with Crippen LogP contribution in [0.3, 0.4) is 0 Å². The molecule has 0 radical (unpaired) electrons. The van der Waals surface area contributed by atoms with Crippen molar-refractivity contribution in [2.45, 2.75) is 12.7 Å². The Balaban J connectivity index is 1.71. The van der Waals surface area contributed by atoms with E-state index in [-0.39, 0.29) is 5.52 Å². The van der Waals surface area contributed by atoms with Crippen LogP contribution in [0, 0.1) is 0 Å². The van der Waals surface area contributed by atoms with Gasteiger partial charge in [-0.3, -0.25) is 4.68 Å². The molecule has 0 N–H and O–H groups in total. The van der Waals surface area contributed by atoms with Crippen molar-refractivity contribution >= 4 is 21.7 Å². The van der Waals surface area contributed by atoms with E-state index in [0.29, 0.717) is 17.6 Å². The molecule has 2 nitrogen and oxygen atoms in total. The van der Waals surface area contributed by atoms with E-state index in [1.54, 1.807) is 10.7 Å². The molecular formula is C25H17F3N2. The second kappa shape index (κ2) is 7.02. The molecular weight excluding hydrogens is 385 g/mol. The van der Waals surface area contributed by atoms with Crippen LogP contribution in [0.1, 0.15) is 11.1 Å². The SMILES string of the molecule is FC(F)(F)c1cccc2c(-c3ccccc3)n(Cc3ccc4ccccc4c3)nc12. The molecule has 0 spiro atoms. The maximum absolute atomic E-state index is 13.6. The van der Waals surface area contributed by atoms with E-state index < -0.39 is 11.7 Å². The number of rotatable bonds is 3. The van der Waals surface area contributed by atoms with Gasteiger partial charge in [-0.1, -0.05) is 78.9 Å². The van der Waals surface area contributed by atoms with Crippen molar-refractivity contribution in [3.05, 3.63) is 102 Å². The van der Waals surface area contributed by atoms with Crippen molar-refractivity contribution in [3.63, 3.8) is 0 Å². The van der Waals surface area contributed by atoms with Gasteiger partial charge >= 0.3 is 6.18 Å². The molecule has 0 saturated carbocycles. The van der Waals surface area contributed by atoms with Gasteiger partial charge in [0.2, 0.25) is 0 Å². The molecule has 1 aromatic heterocycles. The normalized spacial score (nSPS) is 12.0. The summed E-state index contributed by atoms with van der Waals surface area (Å²) in [6.07, 6.45) is -4.46. The highest BCUT2D eigenvalue weighted by Gasteiger charge is 2.34. The van der Waals surface area contributed by atoms with Gasteiger partial charge in [-0.2, -0.15) is 18.3 Å². The number of hydrogen-bond donors (Lipinski definition) is 0. The predicted octanol–water partition coefficient (Wildman–Crippen LogP) is 6.92. The van der Waals surface area contributed by atoms with Crippen LogP contribution in [-0.2, 0) is 12.7 Å². The first-order valence-electron chi connectivity index (χ1n) is 9.60. The lowest BCUT2D eigenvalue weighted by Gasteiger charge is -2.09. The van der Waals surface area contributed by atoms with Gasteiger partial charge in [0.15, 0.2) is 0 Å². The highest BCUT2D eigenvalue weighted by Crippen LogP contribution is 2.38. The largest absolute Gasteiger partial charge is 0.418 e. The zero-order chi connectivity index (χ0) is 20.7. The fraction of sp³-hybridized carbons (Fsp3) is 0.0800. The van der Waals surface area contributed by atoms with E-state index >= 15 is 0 Å². The molecule has 0 bridgehead atoms. The minimum absolute atomic E-state index is 0.0235. The fourth-order valence-electron chi connectivity index (χ4n) is 3.91. The highest BCUT2D eigenvalue weighted by atomic mass is 19.4. The fourth-order valence-corrected chi connectivity index (χ4v) is 3.91. The van der Waals surface area contributed by atoms with Crippen LogP contribution in [0.5, 0.6) is 0 Å². The maximum atomic E-state index is 13.6. The molecule has 148 valence electrons. The van der Waals surface area contributed by atoms with Crippen LogP contribution in [0.2, 0.25) is 0 Å². The molecule has 0 amide bonds. The summed E-state index contributed by atoms with van der Waals surface area (Å²) in [7, 11) is 0. The minimum Gasteiger partial charge on any atom is -0.259 e. The molecule has 5 rings (SSSR count). The van der Waals surface area contributed by atoms with E-state index in [1.165, 1.54) is 6.07 Å². The number of aromatic nitrogens is 2. The maximum Gasteiger partial charge on any atom is 0.418 e. The summed E-state index contributed by atoms with van der Waals surface area (Å²) in [5.41, 5.74) is 1.76. The molecule has 5 aromatic rings. The third kappa shape index (κ3) is 3.22. The molecule has 1 heterocycles. The van der Waals surface area contributed by atoms with Crippen LogP contribution >= 0.6 is 0 Å². The third-order valence-corrected chi connectivity index (χ3v) is 5.27. The first kappa shape index (κ1) is 18.4. The molecule has 4 aromatic carbocycles. The minimum atomic E-state index is -4.46. The number of nitrogens with zero attached hydrogens (tertiary/aromatic N) is 2. The van der Waals surface area contributed by atoms with Crippen molar-refractivity contribution in [1.29, 1.82) is 0 Å². The smallest absolute Gasteiger partial charge is 0.259 e. The van der Waals surface area contributed by atoms with E-state index in [4.69, 9.17) is 0 Å². The Morgan fingerprint density at radius 2 is 1.47 bits per heavy atom. The van der Waals surface area contributed by atoms with Crippen molar-refractivity contribution in [3.8, 4) is 11.3 Å². The number of alkyl halides is 3. The van der Waals surface area contributed by atoms with Gasteiger partial charge in [0, 0.05) is 10.9 Å². The Kier molecular flexibility index (Phi) is 4.31. The van der Waals surface area contributed by atoms with Crippen LogP contribution in [-0.4, -0.2) is 9.78 Å². The number of halogens is 3. The van der Waals surface area contributed by atoms with Crippen LogP contribution in [0.4, 0.5) is 13.2 Å². The zero-order valence-electron chi connectivity index (χ0n) is 15.9. The van der Waals surface area contributed by atoms with Crippen molar-refractivity contribution < 1.29 is 13.2 Å². The van der Waals surface area contributed by atoms with E-state index in [9.17, 15) is 13.2 Å². The summed E-state index contributed by atoms with van der Waals surface area (Å²) in [4.78, 5) is 0. The molecule has 0 fully saturated rings. The van der Waals surface area contributed by atoms with Gasteiger partial charge in [0.05, 0.1) is 17.8 Å². The molecule has 0 unspecified atom stereocenters. The predicted molar refractivity (Wildman–Crippen MR) is 113 cm³/mol. The topological polar surface area (TPSA) is 17.8 Å². The van der Waals surface area contributed by atoms with Crippen molar-refractivity contribution in [1.82, 2.24) is 9.78 Å². The van der Waals surface area contributed by atoms with Gasteiger partial charge in [-0.05, 0) is 28.5 Å². The number of fused-ring (bicyclic) bond motifs is 2. The van der Waals surface area contributed by atoms with E-state index in [1.807, 2.05) is 66.7 Å². The lowest BCUT2D eigenvalue weighted by molar-refractivity contribution is -0.136. The Labute approximate surface area is 171 Å². The van der Waals surface area contributed by atoms with Gasteiger partial charge in [-0.25, -0.2) is 0 Å². The van der Waals surface area contributed by atoms with Crippen molar-refractivity contribution in [2.75, 3.05) is 0 Å². The lowest BCUT2D eigenvalue weighted by Crippen LogP contribution is -2.06. The Bertz CT molecular complexity index is 1350. The number of hydrogen-bond acceptors (Lipinski definition) is 1. The van der Waals surface area contributed by atoms with Gasteiger partial charge < -0.3 is 0 Å². The second-order valence-electron chi connectivity index (χ2n) is 7.25. The summed E-state index contributed by atoms with van der Waals surface area (Å²) < 4.78 is 42.5. The van der Waals surface area contributed by atoms with E-state index in [2.05, 4.69) is 11.2 Å². The first-order valence-corrected chi connectivity index (χ1v) is 9.60. The highest BCUT2D eigenvalue weighted by molar-refractivity contribution is 5.95. The van der Waals surface area contributed by atoms with Crippen LogP contribution in [0.25, 0.3) is 32.9 Å². The lowest BCUT2D eigenvalue weighted by atomic mass is 10.0. The third-order valence-electron chi connectivity index (χ3n) is 5.27. The number of benzene rings is 4. The average molecular weight is 402 g/mol. The Hall–Kier alpha value is -3.60. The standard InChI is InChI=1S/C25H17F3N2/c26-25(27,28)22-12-6-11-21-23(22)29-30(24(21)19-8-2-1-3-9-19)16-17-13-14-18-7-4-5-10-20(18)15-17/h1-15H,16H2. The summed E-state index contributed by atoms with van der Waals surface area (Å²) in [6.45, 7) is 0.376. The summed E-state index contributed by atoms with van der Waals surface area (Å²) in [6, 6.07) is 27.8. The second-order valence-corrected chi connectivity index (χ2v) is 7.25. The van der Waals surface area contributed by atoms with Crippen LogP contribution < -0.4 is 0 Å². The zero-order valence-corrected chi connectivity index (χ0v) is 15.9. The Morgan fingerprint density at radius 1 is 0.733 bits per heavy atom. The molecule has 0 aliphatic carbocycles. The molecule has 0 atom stereocenters. The summed E-state index contributed by atoms with van der Waals surface area (Å²) >= 11 is 0. The monoisotopic (exact) mass is 402 g/mol. The van der Waals surface area contributed by atoms with E-state index in [0.717, 1.165) is 28.0 Å². The first-order chi connectivity index (χ1) is 14.5. The molecule has 30 heavy (non-hydrogen) atoms. The molecule has 5 heteroatoms. The van der Waals surface area contributed by atoms with Crippen molar-refractivity contribution in [2.24, 2.45) is 0 Å². The van der Waals surface area contributed by atoms with Gasteiger partial charge in [0.25, 0.3) is 0 Å². The summed E-state index contributed by atoms with van der Waals surface area (Å²) in [5.74, 6) is 0. The molecule has 0 aliphatic heterocycles. The molecule has 0 saturated heterocycles. The average Bonchev–Trinajstić information content (AvgIpc) is 3.11. The molecule has 0 aliphatic rings. The van der Waals surface area contributed by atoms with Gasteiger partial charge in [-0.15, -0.1) is 0 Å². The van der Waals surface area contributed by atoms with Crippen LogP contribution in [0.15, 0.2) is 91.0 Å².